The van der Waals surface area contributed by atoms with E-state index in [1.165, 1.54) is 13.1 Å². The molecule has 4 rings (SSSR count). The predicted molar refractivity (Wildman–Crippen MR) is 110 cm³/mol. The maximum Gasteiger partial charge on any atom is 0.254 e. The summed E-state index contributed by atoms with van der Waals surface area (Å²) in [7, 11) is 1.38. The van der Waals surface area contributed by atoms with Crippen LogP contribution in [0.15, 0.2) is 24.4 Å². The highest BCUT2D eigenvalue weighted by Crippen LogP contribution is 2.33. The van der Waals surface area contributed by atoms with Gasteiger partial charge in [0, 0.05) is 38.3 Å². The summed E-state index contributed by atoms with van der Waals surface area (Å²) in [5, 5.41) is 5.63. The molecule has 0 saturated carbocycles. The van der Waals surface area contributed by atoms with E-state index in [-0.39, 0.29) is 17.2 Å². The third-order valence-electron chi connectivity index (χ3n) is 5.42. The van der Waals surface area contributed by atoms with Crippen molar-refractivity contribution in [2.75, 3.05) is 26.7 Å². The molecule has 0 radical (unpaired) electrons. The van der Waals surface area contributed by atoms with Crippen molar-refractivity contribution < 1.29 is 18.3 Å². The predicted octanol–water partition coefficient (Wildman–Crippen LogP) is 2.79. The largest absolute Gasteiger partial charge is 0.375 e. The van der Waals surface area contributed by atoms with Gasteiger partial charge in [0.15, 0.2) is 11.6 Å². The van der Waals surface area contributed by atoms with Gasteiger partial charge >= 0.3 is 0 Å². The van der Waals surface area contributed by atoms with Crippen LogP contribution in [0.25, 0.3) is 16.9 Å². The summed E-state index contributed by atoms with van der Waals surface area (Å²) in [6.45, 7) is 5.66. The average Bonchev–Trinajstić information content (AvgIpc) is 3.07. The molecule has 2 N–H and O–H groups in total. The van der Waals surface area contributed by atoms with Crippen molar-refractivity contribution in [2.45, 2.75) is 26.4 Å². The molecule has 2 aromatic heterocycles. The van der Waals surface area contributed by atoms with Crippen molar-refractivity contribution in [3.05, 3.63) is 58.4 Å². The van der Waals surface area contributed by atoms with E-state index in [4.69, 9.17) is 4.74 Å². The topological polar surface area (TPSA) is 67.7 Å². The lowest BCUT2D eigenvalue weighted by atomic mass is 9.97. The number of imidazole rings is 1. The van der Waals surface area contributed by atoms with Gasteiger partial charge in [0.25, 0.3) is 5.91 Å². The number of aryl methyl sites for hydroxylation is 2. The van der Waals surface area contributed by atoms with Crippen LogP contribution in [0, 0.1) is 25.5 Å². The quantitative estimate of drug-likeness (QED) is 0.689. The Morgan fingerprint density at radius 3 is 2.83 bits per heavy atom. The highest BCUT2D eigenvalue weighted by Gasteiger charge is 2.27. The van der Waals surface area contributed by atoms with Crippen molar-refractivity contribution in [2.24, 2.45) is 0 Å². The van der Waals surface area contributed by atoms with E-state index in [9.17, 15) is 9.18 Å². The summed E-state index contributed by atoms with van der Waals surface area (Å²) in [6.07, 6.45) is 2.27. The van der Waals surface area contributed by atoms with E-state index in [0.717, 1.165) is 17.8 Å². The molecular formula is C22H24F2N4O2. The van der Waals surface area contributed by atoms with Crippen molar-refractivity contribution in [3.63, 3.8) is 0 Å². The molecule has 3 heterocycles. The number of pyridine rings is 1. The van der Waals surface area contributed by atoms with Crippen molar-refractivity contribution in [3.8, 4) is 11.3 Å². The van der Waals surface area contributed by atoms with Crippen LogP contribution in [0.2, 0.25) is 0 Å². The second-order valence-corrected chi connectivity index (χ2v) is 7.56. The van der Waals surface area contributed by atoms with Crippen LogP contribution in [-0.4, -0.2) is 48.1 Å². The first-order chi connectivity index (χ1) is 14.4. The average molecular weight is 414 g/mol. The Hall–Kier alpha value is -2.84. The number of carbonyl (C=O) groups is 1. The molecule has 3 aromatic rings. The van der Waals surface area contributed by atoms with Gasteiger partial charge in [0.2, 0.25) is 0 Å². The fraction of sp³-hybridized carbons (Fsp3) is 0.364. The van der Waals surface area contributed by atoms with Gasteiger partial charge in [-0.1, -0.05) is 0 Å². The maximum absolute atomic E-state index is 15.2. The minimum atomic E-state index is -1.18. The van der Waals surface area contributed by atoms with Crippen LogP contribution in [0.5, 0.6) is 0 Å². The Kier molecular flexibility index (Phi) is 5.53. The summed E-state index contributed by atoms with van der Waals surface area (Å²) in [5.41, 5.74) is 2.96. The highest BCUT2D eigenvalue weighted by atomic mass is 19.2. The SMILES string of the molecule is CNC(=O)c1cc(C)c(-c2nc3cc(C)ccn3c2C[C@H]2CNCCO2)c(F)c1F. The molecule has 0 bridgehead atoms. The molecule has 0 spiro atoms. The number of amides is 1. The minimum absolute atomic E-state index is 0.0697. The second kappa shape index (κ2) is 8.12. The van der Waals surface area contributed by atoms with Crippen LogP contribution < -0.4 is 10.6 Å². The molecule has 1 amide bonds. The van der Waals surface area contributed by atoms with Gasteiger partial charge < -0.3 is 19.8 Å². The summed E-state index contributed by atoms with van der Waals surface area (Å²) in [5.74, 6) is -2.92. The monoisotopic (exact) mass is 414 g/mol. The second-order valence-electron chi connectivity index (χ2n) is 7.56. The lowest BCUT2D eigenvalue weighted by molar-refractivity contribution is 0.0286. The van der Waals surface area contributed by atoms with Crippen LogP contribution >= 0.6 is 0 Å². The van der Waals surface area contributed by atoms with Gasteiger partial charge in [-0.2, -0.15) is 0 Å². The number of halogens is 2. The molecule has 1 aliphatic heterocycles. The fourth-order valence-corrected chi connectivity index (χ4v) is 3.90. The Bertz CT molecular complexity index is 1120. The third-order valence-corrected chi connectivity index (χ3v) is 5.42. The number of nitrogens with zero attached hydrogens (tertiary/aromatic N) is 2. The molecule has 158 valence electrons. The number of hydrogen-bond acceptors (Lipinski definition) is 4. The minimum Gasteiger partial charge on any atom is -0.375 e. The zero-order valence-corrected chi connectivity index (χ0v) is 17.2. The zero-order valence-electron chi connectivity index (χ0n) is 17.2. The van der Waals surface area contributed by atoms with Gasteiger partial charge in [-0.3, -0.25) is 4.79 Å². The van der Waals surface area contributed by atoms with E-state index in [1.807, 2.05) is 29.7 Å². The van der Waals surface area contributed by atoms with Crippen LogP contribution in [0.3, 0.4) is 0 Å². The Balaban J connectivity index is 1.91. The number of rotatable bonds is 4. The lowest BCUT2D eigenvalue weighted by Gasteiger charge is -2.24. The molecule has 1 aliphatic rings. The number of carbonyl (C=O) groups excluding carboxylic acids is 1. The number of ether oxygens (including phenoxy) is 1. The van der Waals surface area contributed by atoms with Gasteiger partial charge in [-0.05, 0) is 43.2 Å². The molecule has 1 saturated heterocycles. The molecule has 1 fully saturated rings. The standard InChI is InChI=1S/C22H24F2N4O2/c1-12-4-6-28-16(10-14-11-26-5-7-30-14)21(27-17(28)8-12)18-13(2)9-15(22(29)25-3)19(23)20(18)24/h4,6,8-9,14,26H,5,7,10-11H2,1-3H3,(H,25,29)/t14-/m0/s1. The molecule has 1 aromatic carbocycles. The Labute approximate surface area is 173 Å². The fourth-order valence-electron chi connectivity index (χ4n) is 3.90. The lowest BCUT2D eigenvalue weighted by Crippen LogP contribution is -2.39. The van der Waals surface area contributed by atoms with Gasteiger partial charge in [0.1, 0.15) is 5.65 Å². The molecule has 0 unspecified atom stereocenters. The number of hydrogen-bond donors (Lipinski definition) is 2. The van der Waals surface area contributed by atoms with Crippen LogP contribution in [0.1, 0.15) is 27.2 Å². The molecule has 30 heavy (non-hydrogen) atoms. The Morgan fingerprint density at radius 1 is 1.33 bits per heavy atom. The number of morpholine rings is 1. The first kappa shape index (κ1) is 20.4. The Morgan fingerprint density at radius 2 is 2.13 bits per heavy atom. The maximum atomic E-state index is 15.2. The summed E-state index contributed by atoms with van der Waals surface area (Å²) in [4.78, 5) is 16.6. The summed E-state index contributed by atoms with van der Waals surface area (Å²) < 4.78 is 37.7. The summed E-state index contributed by atoms with van der Waals surface area (Å²) in [6, 6.07) is 5.21. The normalized spacial score (nSPS) is 16.8. The van der Waals surface area contributed by atoms with Crippen LogP contribution in [-0.2, 0) is 11.2 Å². The molecule has 0 aliphatic carbocycles. The molecule has 6 nitrogen and oxygen atoms in total. The highest BCUT2D eigenvalue weighted by molar-refractivity contribution is 5.95. The van der Waals surface area contributed by atoms with E-state index < -0.39 is 17.5 Å². The van der Waals surface area contributed by atoms with E-state index >= 15 is 4.39 Å². The number of benzene rings is 1. The van der Waals surface area contributed by atoms with Crippen molar-refractivity contribution in [1.29, 1.82) is 0 Å². The summed E-state index contributed by atoms with van der Waals surface area (Å²) >= 11 is 0. The number of aromatic nitrogens is 2. The third kappa shape index (κ3) is 3.57. The van der Waals surface area contributed by atoms with Gasteiger partial charge in [0.05, 0.1) is 29.7 Å². The first-order valence-corrected chi connectivity index (χ1v) is 9.91. The van der Waals surface area contributed by atoms with Crippen LogP contribution in [0.4, 0.5) is 8.78 Å². The smallest absolute Gasteiger partial charge is 0.254 e. The number of fused-ring (bicyclic) bond motifs is 1. The molecule has 8 heteroatoms. The van der Waals surface area contributed by atoms with E-state index in [0.29, 0.717) is 36.5 Å². The van der Waals surface area contributed by atoms with Crippen molar-refractivity contribution >= 4 is 11.6 Å². The van der Waals surface area contributed by atoms with E-state index in [1.54, 1.807) is 6.92 Å². The van der Waals surface area contributed by atoms with Crippen molar-refractivity contribution in [1.82, 2.24) is 20.0 Å². The molecular weight excluding hydrogens is 390 g/mol. The van der Waals surface area contributed by atoms with Gasteiger partial charge in [-0.15, -0.1) is 0 Å². The van der Waals surface area contributed by atoms with Gasteiger partial charge in [-0.25, -0.2) is 13.8 Å². The van der Waals surface area contributed by atoms with E-state index in [2.05, 4.69) is 15.6 Å². The first-order valence-electron chi connectivity index (χ1n) is 9.91. The number of nitrogens with one attached hydrogen (secondary N) is 2. The molecule has 1 atom stereocenters. The zero-order chi connectivity index (χ0) is 21.4.